The van der Waals surface area contributed by atoms with Crippen LogP contribution in [0.15, 0.2) is 53.7 Å². The van der Waals surface area contributed by atoms with Gasteiger partial charge in [-0.1, -0.05) is 22.4 Å². The van der Waals surface area contributed by atoms with Gasteiger partial charge in [-0.15, -0.1) is 4.72 Å². The van der Waals surface area contributed by atoms with Gasteiger partial charge >= 0.3 is 0 Å². The van der Waals surface area contributed by atoms with E-state index in [-0.39, 0.29) is 17.3 Å². The van der Waals surface area contributed by atoms with Gasteiger partial charge in [0.2, 0.25) is 4.90 Å². The molecule has 26 heavy (non-hydrogen) atoms. The third-order valence-corrected chi connectivity index (χ3v) is 6.39. The number of benzene rings is 1. The van der Waals surface area contributed by atoms with Crippen molar-refractivity contribution in [3.8, 4) is 0 Å². The van der Waals surface area contributed by atoms with Gasteiger partial charge in [-0.05, 0) is 31.0 Å². The molecule has 2 N–H and O–H groups in total. The number of carbonyl (C=O) groups excluding carboxylic acids is 1. The molecule has 8 heteroatoms. The lowest BCUT2D eigenvalue weighted by Crippen LogP contribution is -2.59. The first-order valence-electron chi connectivity index (χ1n) is 8.55. The van der Waals surface area contributed by atoms with Gasteiger partial charge in [0.1, 0.15) is 0 Å². The van der Waals surface area contributed by atoms with E-state index in [0.717, 1.165) is 12.8 Å². The van der Waals surface area contributed by atoms with Crippen molar-refractivity contribution < 1.29 is 13.6 Å². The molecule has 136 valence electrons. The minimum absolute atomic E-state index is 0.0338. The van der Waals surface area contributed by atoms with Crippen molar-refractivity contribution in [1.82, 2.24) is 14.6 Å². The summed E-state index contributed by atoms with van der Waals surface area (Å²) in [5, 5.41) is 3.39. The molecule has 2 unspecified atom stereocenters. The molecule has 0 bridgehead atoms. The number of nitrogens with zero attached hydrogens (tertiary/aromatic N) is 2. The first-order chi connectivity index (χ1) is 12.5. The summed E-state index contributed by atoms with van der Waals surface area (Å²) >= 11 is 0. The lowest BCUT2D eigenvalue weighted by atomic mass is 9.88. The largest absolute Gasteiger partial charge is 0.593 e. The van der Waals surface area contributed by atoms with Gasteiger partial charge in [0.05, 0.1) is 24.0 Å². The Balaban J connectivity index is 1.63. The van der Waals surface area contributed by atoms with E-state index in [0.29, 0.717) is 24.3 Å². The molecule has 4 rings (SSSR count). The lowest BCUT2D eigenvalue weighted by molar-refractivity contribution is 0.0663. The number of hydrogen-bond acceptors (Lipinski definition) is 5. The van der Waals surface area contributed by atoms with Crippen LogP contribution in [0, 0.1) is 0 Å². The second-order valence-corrected chi connectivity index (χ2v) is 8.53. The van der Waals surface area contributed by atoms with E-state index in [9.17, 15) is 13.6 Å². The van der Waals surface area contributed by atoms with Gasteiger partial charge in [-0.2, -0.15) is 0 Å². The first kappa shape index (κ1) is 17.1. The number of fused-ring (bicyclic) bond motifs is 1. The fraction of sp³-hybridized carbons (Fsp3) is 0.333. The van der Waals surface area contributed by atoms with Gasteiger partial charge in [0.15, 0.2) is 10.4 Å². The molecule has 0 saturated carbocycles. The average molecular weight is 372 g/mol. The van der Waals surface area contributed by atoms with Crippen molar-refractivity contribution in [2.45, 2.75) is 23.3 Å². The summed E-state index contributed by atoms with van der Waals surface area (Å²) in [6.07, 6.45) is 4.49. The Morgan fingerprint density at radius 1 is 1.27 bits per heavy atom. The smallest absolute Gasteiger partial charge is 0.253 e. The predicted molar refractivity (Wildman–Crippen MR) is 97.3 cm³/mol. The number of pyridine rings is 1. The summed E-state index contributed by atoms with van der Waals surface area (Å²) < 4.78 is 27.6. The Kier molecular flexibility index (Phi) is 4.26. The Labute approximate surface area is 153 Å². The number of hydrogen-bond donors (Lipinski definition) is 2. The molecule has 2 aliphatic heterocycles. The number of piperidine rings is 1. The van der Waals surface area contributed by atoms with Crippen LogP contribution in [0.4, 0.5) is 5.69 Å². The highest BCUT2D eigenvalue weighted by atomic mass is 32.3. The van der Waals surface area contributed by atoms with Crippen LogP contribution in [-0.2, 0) is 14.6 Å². The number of amides is 1. The zero-order chi connectivity index (χ0) is 18.2. The third-order valence-electron chi connectivity index (χ3n) is 4.96. The van der Waals surface area contributed by atoms with Crippen LogP contribution < -0.4 is 10.0 Å². The summed E-state index contributed by atoms with van der Waals surface area (Å²) in [7, 11) is -3.62. The van der Waals surface area contributed by atoms with Crippen molar-refractivity contribution >= 4 is 22.0 Å². The summed E-state index contributed by atoms with van der Waals surface area (Å²) in [5.74, 6) is -0.0338. The summed E-state index contributed by atoms with van der Waals surface area (Å²) in [5.41, 5.74) is 0.630. The van der Waals surface area contributed by atoms with Crippen molar-refractivity contribution in [3.63, 3.8) is 0 Å². The summed E-state index contributed by atoms with van der Waals surface area (Å²) in [6, 6.07) is 10.8. The minimum atomic E-state index is -3.62. The standard InChI is InChI=1S/C18H20N4O3S/c23-17(14-5-2-1-3-6-14)22-10-4-8-18(13-22)12-20-26(24,25)16-11-19-9-7-15(16)21-18/h1-3,5-7,9,11H,4,8,10,12-13H2,(H2-,19,20,21,24,25). The average Bonchev–Trinajstić information content (AvgIpc) is 2.77. The first-order valence-corrected chi connectivity index (χ1v) is 10.0. The monoisotopic (exact) mass is 372 g/mol. The Hall–Kier alpha value is -2.29. The van der Waals surface area contributed by atoms with Crippen LogP contribution in [-0.4, -0.2) is 45.5 Å². The molecule has 2 atom stereocenters. The quantitative estimate of drug-likeness (QED) is 0.742. The number of nitrogens with one attached hydrogen (secondary N) is 2. The predicted octanol–water partition coefficient (Wildman–Crippen LogP) is 1.68. The van der Waals surface area contributed by atoms with Crippen LogP contribution in [0.1, 0.15) is 23.2 Å². The molecule has 0 aliphatic carbocycles. The maximum absolute atomic E-state index is 12.8. The number of aromatic nitrogens is 1. The van der Waals surface area contributed by atoms with E-state index in [1.165, 1.54) is 6.20 Å². The van der Waals surface area contributed by atoms with Crippen LogP contribution in [0.3, 0.4) is 0 Å². The maximum Gasteiger partial charge on any atom is 0.253 e. The van der Waals surface area contributed by atoms with E-state index < -0.39 is 15.9 Å². The van der Waals surface area contributed by atoms with Crippen LogP contribution in [0.25, 0.3) is 0 Å². The van der Waals surface area contributed by atoms with E-state index in [4.69, 9.17) is 0 Å². The summed E-state index contributed by atoms with van der Waals surface area (Å²) in [4.78, 5) is 18.7. The Morgan fingerprint density at radius 2 is 2.08 bits per heavy atom. The van der Waals surface area contributed by atoms with Crippen molar-refractivity contribution in [3.05, 3.63) is 54.4 Å². The Bertz CT molecular complexity index is 876. The molecule has 1 spiro atoms. The molecule has 1 amide bonds. The normalized spacial score (nSPS) is 28.1. The molecule has 1 fully saturated rings. The highest BCUT2D eigenvalue weighted by Gasteiger charge is 2.43. The molecule has 1 aromatic carbocycles. The fourth-order valence-electron chi connectivity index (χ4n) is 3.65. The highest BCUT2D eigenvalue weighted by molar-refractivity contribution is 7.96. The summed E-state index contributed by atoms with van der Waals surface area (Å²) in [6.45, 7) is 1.32. The lowest BCUT2D eigenvalue weighted by Gasteiger charge is -2.42. The fourth-order valence-corrected chi connectivity index (χ4v) is 4.88. The molecule has 0 radical (unpaired) electrons. The number of sulfonamides is 1. The third kappa shape index (κ3) is 3.11. The second kappa shape index (κ2) is 6.46. The van der Waals surface area contributed by atoms with E-state index in [1.54, 1.807) is 29.3 Å². The van der Waals surface area contributed by atoms with Crippen molar-refractivity contribution in [2.24, 2.45) is 0 Å². The van der Waals surface area contributed by atoms with Gasteiger partial charge in [0.25, 0.3) is 5.91 Å². The second-order valence-electron chi connectivity index (χ2n) is 6.80. The SMILES string of the molecule is O=C(c1ccccc1)N1CCCC2(CN[S+](=O)([O-])c3cnccc3N2)C1. The number of carbonyl (C=O) groups is 1. The minimum Gasteiger partial charge on any atom is -0.593 e. The van der Waals surface area contributed by atoms with E-state index >= 15 is 0 Å². The van der Waals surface area contributed by atoms with Gasteiger partial charge < -0.3 is 14.8 Å². The highest BCUT2D eigenvalue weighted by Crippen LogP contribution is 2.33. The molecular formula is C18H20N4O3S. The number of anilines is 1. The number of likely N-dealkylation sites (tertiary alicyclic amines) is 1. The molecule has 1 saturated heterocycles. The van der Waals surface area contributed by atoms with Gasteiger partial charge in [-0.3, -0.25) is 9.78 Å². The Morgan fingerprint density at radius 3 is 2.88 bits per heavy atom. The van der Waals surface area contributed by atoms with E-state index in [1.807, 2.05) is 18.2 Å². The van der Waals surface area contributed by atoms with E-state index in [2.05, 4.69) is 15.0 Å². The maximum atomic E-state index is 12.8. The molecule has 2 aromatic rings. The van der Waals surface area contributed by atoms with Crippen molar-refractivity contribution in [2.75, 3.05) is 25.0 Å². The zero-order valence-corrected chi connectivity index (χ0v) is 15.0. The zero-order valence-electron chi connectivity index (χ0n) is 14.2. The number of rotatable bonds is 1. The molecular weight excluding hydrogens is 352 g/mol. The van der Waals surface area contributed by atoms with Crippen LogP contribution in [0.5, 0.6) is 0 Å². The molecule has 1 aromatic heterocycles. The van der Waals surface area contributed by atoms with Crippen LogP contribution in [0.2, 0.25) is 0 Å². The molecule has 2 aliphatic rings. The molecule has 3 heterocycles. The van der Waals surface area contributed by atoms with Crippen LogP contribution >= 0.6 is 0 Å². The van der Waals surface area contributed by atoms with Gasteiger partial charge in [-0.25, -0.2) is 0 Å². The molecule has 7 nitrogen and oxygen atoms in total. The van der Waals surface area contributed by atoms with Gasteiger partial charge in [0, 0.05) is 24.8 Å². The van der Waals surface area contributed by atoms with Crippen molar-refractivity contribution in [1.29, 1.82) is 0 Å². The topological polar surface area (TPSA) is 97.4 Å².